The van der Waals surface area contributed by atoms with E-state index in [0.29, 0.717) is 17.6 Å². The summed E-state index contributed by atoms with van der Waals surface area (Å²) in [6.45, 7) is 0. The van der Waals surface area contributed by atoms with Gasteiger partial charge in [0, 0.05) is 49.5 Å². The van der Waals surface area contributed by atoms with Crippen molar-refractivity contribution in [3.8, 4) is 78.9 Å². The first-order chi connectivity index (χ1) is 33.7. The summed E-state index contributed by atoms with van der Waals surface area (Å²) < 4.78 is 4.73. The van der Waals surface area contributed by atoms with Crippen molar-refractivity contribution in [3.63, 3.8) is 0 Å². The summed E-state index contributed by atoms with van der Waals surface area (Å²) in [6, 6.07) is 88.4. The standard InChI is InChI=1S/C63H41N5/c1-7-21-42(22-8-1)48-37-52(44-25-11-3-12-26-44)59-55(39-48)51-33-19-20-34-57(51)67(59)50-35-36-58-54(41-50)56-40-49(43-23-9-2-10-24-43)38-53(45-27-13-4-14-28-45)60(56)68(58)63-65-61(46-29-15-5-16-30-46)64-62(66-63)47-31-17-6-18-32-47/h1-41H. The van der Waals surface area contributed by atoms with Crippen molar-refractivity contribution in [2.24, 2.45) is 0 Å². The molecule has 3 heterocycles. The van der Waals surface area contributed by atoms with Crippen LogP contribution in [0.5, 0.6) is 0 Å². The fourth-order valence-electron chi connectivity index (χ4n) is 10.0. The second-order valence-electron chi connectivity index (χ2n) is 17.2. The quantitative estimate of drug-likeness (QED) is 0.153. The Hall–Kier alpha value is -9.19. The lowest BCUT2D eigenvalue weighted by Gasteiger charge is -2.15. The Balaban J connectivity index is 1.16. The van der Waals surface area contributed by atoms with Gasteiger partial charge < -0.3 is 4.57 Å². The monoisotopic (exact) mass is 867 g/mol. The van der Waals surface area contributed by atoms with Crippen LogP contribution in [0.2, 0.25) is 0 Å². The van der Waals surface area contributed by atoms with Crippen molar-refractivity contribution in [2.45, 2.75) is 0 Å². The highest BCUT2D eigenvalue weighted by molar-refractivity contribution is 6.18. The van der Waals surface area contributed by atoms with Gasteiger partial charge in [0.1, 0.15) is 0 Å². The smallest absolute Gasteiger partial charge is 0.238 e. The van der Waals surface area contributed by atoms with E-state index in [1.807, 2.05) is 36.4 Å². The van der Waals surface area contributed by atoms with Crippen LogP contribution in [0.25, 0.3) is 123 Å². The minimum Gasteiger partial charge on any atom is -0.309 e. The molecule has 5 heteroatoms. The molecule has 0 spiro atoms. The average molecular weight is 868 g/mol. The molecule has 0 saturated carbocycles. The number of rotatable bonds is 8. The molecule has 5 nitrogen and oxygen atoms in total. The highest BCUT2D eigenvalue weighted by atomic mass is 15.2. The number of hydrogen-bond acceptors (Lipinski definition) is 3. The maximum Gasteiger partial charge on any atom is 0.238 e. The molecule has 0 amide bonds. The van der Waals surface area contributed by atoms with E-state index in [0.717, 1.165) is 77.5 Å². The molecule has 0 fully saturated rings. The van der Waals surface area contributed by atoms with Crippen molar-refractivity contribution < 1.29 is 0 Å². The molecule has 0 N–H and O–H groups in total. The van der Waals surface area contributed by atoms with Gasteiger partial charge >= 0.3 is 0 Å². The second-order valence-corrected chi connectivity index (χ2v) is 17.2. The van der Waals surface area contributed by atoms with E-state index in [4.69, 9.17) is 15.0 Å². The van der Waals surface area contributed by atoms with Crippen LogP contribution in [0, 0.1) is 0 Å². The van der Waals surface area contributed by atoms with Crippen molar-refractivity contribution in [2.75, 3.05) is 0 Å². The molecule has 0 aliphatic rings. The SMILES string of the molecule is c1ccc(-c2cc(-c3ccccc3)c3c(c2)c2ccccc2n3-c2ccc3c(c2)c2cc(-c4ccccc4)cc(-c4ccccc4)c2n3-c2nc(-c3ccccc3)nc(-c3ccccc3)n2)cc1. The van der Waals surface area contributed by atoms with Gasteiger partial charge in [-0.3, -0.25) is 4.57 Å². The van der Waals surface area contributed by atoms with Crippen LogP contribution in [0.15, 0.2) is 249 Å². The fourth-order valence-corrected chi connectivity index (χ4v) is 10.0. The van der Waals surface area contributed by atoms with Gasteiger partial charge in [0.15, 0.2) is 11.6 Å². The number of aromatic nitrogens is 5. The molecule has 68 heavy (non-hydrogen) atoms. The summed E-state index contributed by atoms with van der Waals surface area (Å²) in [4.78, 5) is 15.8. The van der Waals surface area contributed by atoms with Crippen LogP contribution >= 0.6 is 0 Å². The fraction of sp³-hybridized carbons (Fsp3) is 0. The molecule has 13 rings (SSSR count). The summed E-state index contributed by atoms with van der Waals surface area (Å²) >= 11 is 0. The maximum atomic E-state index is 5.36. The minimum absolute atomic E-state index is 0.548. The third-order valence-corrected chi connectivity index (χ3v) is 13.1. The Kier molecular flexibility index (Phi) is 9.43. The van der Waals surface area contributed by atoms with E-state index < -0.39 is 0 Å². The number of para-hydroxylation sites is 1. The van der Waals surface area contributed by atoms with Crippen LogP contribution < -0.4 is 0 Å². The average Bonchev–Trinajstić information content (AvgIpc) is 3.94. The molecule has 0 saturated heterocycles. The van der Waals surface area contributed by atoms with Gasteiger partial charge in [-0.15, -0.1) is 0 Å². The van der Waals surface area contributed by atoms with Gasteiger partial charge in [-0.2, -0.15) is 9.97 Å². The lowest BCUT2D eigenvalue weighted by atomic mass is 9.95. The van der Waals surface area contributed by atoms with Gasteiger partial charge in [0.25, 0.3) is 0 Å². The largest absolute Gasteiger partial charge is 0.309 e. The minimum atomic E-state index is 0.548. The van der Waals surface area contributed by atoms with Crippen molar-refractivity contribution >= 4 is 43.6 Å². The molecule has 10 aromatic carbocycles. The van der Waals surface area contributed by atoms with Crippen LogP contribution in [0.3, 0.4) is 0 Å². The van der Waals surface area contributed by atoms with E-state index in [9.17, 15) is 0 Å². The summed E-state index contributed by atoms with van der Waals surface area (Å²) in [5.41, 5.74) is 16.4. The Morgan fingerprint density at radius 3 is 1.15 bits per heavy atom. The number of fused-ring (bicyclic) bond motifs is 6. The summed E-state index contributed by atoms with van der Waals surface area (Å²) in [6.07, 6.45) is 0. The van der Waals surface area contributed by atoms with Gasteiger partial charge in [-0.05, 0) is 81.9 Å². The number of hydrogen-bond donors (Lipinski definition) is 0. The first-order valence-electron chi connectivity index (χ1n) is 23.0. The van der Waals surface area contributed by atoms with E-state index in [2.05, 4.69) is 221 Å². The molecular formula is C63H41N5. The Bertz CT molecular complexity index is 3920. The molecule has 0 aliphatic heterocycles. The zero-order chi connectivity index (χ0) is 45.0. The third kappa shape index (κ3) is 6.68. The normalized spacial score (nSPS) is 11.5. The molecule has 3 aromatic heterocycles. The zero-order valence-electron chi connectivity index (χ0n) is 36.9. The molecule has 0 bridgehead atoms. The van der Waals surface area contributed by atoms with Gasteiger partial charge in [0.2, 0.25) is 5.95 Å². The third-order valence-electron chi connectivity index (χ3n) is 13.1. The lowest BCUT2D eigenvalue weighted by molar-refractivity contribution is 0.953. The van der Waals surface area contributed by atoms with Gasteiger partial charge in [-0.1, -0.05) is 200 Å². The highest BCUT2D eigenvalue weighted by Gasteiger charge is 2.24. The van der Waals surface area contributed by atoms with Crippen LogP contribution in [0.1, 0.15) is 0 Å². The maximum absolute atomic E-state index is 5.36. The Morgan fingerprint density at radius 1 is 0.250 bits per heavy atom. The lowest BCUT2D eigenvalue weighted by Crippen LogP contribution is -2.07. The topological polar surface area (TPSA) is 48.5 Å². The molecule has 0 atom stereocenters. The second kappa shape index (κ2) is 16.4. The van der Waals surface area contributed by atoms with Crippen LogP contribution in [0.4, 0.5) is 0 Å². The number of benzene rings is 10. The van der Waals surface area contributed by atoms with E-state index in [1.54, 1.807) is 0 Å². The molecule has 0 unspecified atom stereocenters. The molecular weight excluding hydrogens is 827 g/mol. The zero-order valence-corrected chi connectivity index (χ0v) is 36.9. The van der Waals surface area contributed by atoms with Gasteiger partial charge in [-0.25, -0.2) is 4.98 Å². The van der Waals surface area contributed by atoms with Crippen molar-refractivity contribution in [3.05, 3.63) is 249 Å². The van der Waals surface area contributed by atoms with Crippen LogP contribution in [-0.4, -0.2) is 24.1 Å². The van der Waals surface area contributed by atoms with E-state index in [1.165, 1.54) is 27.5 Å². The molecule has 0 radical (unpaired) electrons. The van der Waals surface area contributed by atoms with E-state index >= 15 is 0 Å². The predicted octanol–water partition coefficient (Wildman–Crippen LogP) is 16.1. The highest BCUT2D eigenvalue weighted by Crippen LogP contribution is 2.45. The first kappa shape index (κ1) is 39.2. The Morgan fingerprint density at radius 2 is 0.647 bits per heavy atom. The summed E-state index contributed by atoms with van der Waals surface area (Å²) in [7, 11) is 0. The number of nitrogens with zero attached hydrogens (tertiary/aromatic N) is 5. The van der Waals surface area contributed by atoms with Gasteiger partial charge in [0.05, 0.1) is 22.1 Å². The Labute approximate surface area is 393 Å². The first-order valence-corrected chi connectivity index (χ1v) is 23.0. The van der Waals surface area contributed by atoms with Crippen molar-refractivity contribution in [1.29, 1.82) is 0 Å². The summed E-state index contributed by atoms with van der Waals surface area (Å²) in [5, 5.41) is 4.59. The molecule has 13 aromatic rings. The van der Waals surface area contributed by atoms with Crippen LogP contribution in [-0.2, 0) is 0 Å². The molecule has 0 aliphatic carbocycles. The predicted molar refractivity (Wildman–Crippen MR) is 281 cm³/mol. The molecule has 318 valence electrons. The van der Waals surface area contributed by atoms with Crippen molar-refractivity contribution in [1.82, 2.24) is 24.1 Å². The van der Waals surface area contributed by atoms with E-state index in [-0.39, 0.29) is 0 Å². The summed E-state index contributed by atoms with van der Waals surface area (Å²) in [5.74, 6) is 1.76.